The number of hydrogen-bond donors (Lipinski definition) is 0. The van der Waals surface area contributed by atoms with Gasteiger partial charge in [-0.25, -0.2) is 4.98 Å². The summed E-state index contributed by atoms with van der Waals surface area (Å²) in [5.74, 6) is -0.531. The fourth-order valence-corrected chi connectivity index (χ4v) is 3.94. The highest BCUT2D eigenvalue weighted by Gasteiger charge is 2.49. The summed E-state index contributed by atoms with van der Waals surface area (Å²) in [7, 11) is 0. The van der Waals surface area contributed by atoms with Crippen molar-refractivity contribution in [3.8, 4) is 11.6 Å². The Kier molecular flexibility index (Phi) is 5.38. The molecule has 0 radical (unpaired) electrons. The van der Waals surface area contributed by atoms with Crippen LogP contribution in [0.3, 0.4) is 0 Å². The molecular weight excluding hydrogens is 337 g/mol. The predicted octanol–water partition coefficient (Wildman–Crippen LogP) is 3.39. The minimum absolute atomic E-state index is 0.0550. The molecule has 2 saturated heterocycles. The van der Waals surface area contributed by atoms with E-state index in [0.29, 0.717) is 19.8 Å². The monoisotopic (exact) mass is 360 g/mol. The van der Waals surface area contributed by atoms with Gasteiger partial charge in [-0.1, -0.05) is 0 Å². The molecular formula is C17H23F3N2O3. The first-order chi connectivity index (χ1) is 11.9. The number of hydrogen-bond acceptors (Lipinski definition) is 5. The summed E-state index contributed by atoms with van der Waals surface area (Å²) in [5, 5.41) is 0. The summed E-state index contributed by atoms with van der Waals surface area (Å²) in [4.78, 5) is 6.28. The molecule has 1 aromatic heterocycles. The van der Waals surface area contributed by atoms with Gasteiger partial charge < -0.3 is 14.2 Å². The van der Waals surface area contributed by atoms with Gasteiger partial charge in [-0.05, 0) is 51.3 Å². The van der Waals surface area contributed by atoms with E-state index < -0.39 is 12.1 Å². The molecule has 2 atom stereocenters. The lowest BCUT2D eigenvalue weighted by atomic mass is 9.95. The van der Waals surface area contributed by atoms with E-state index in [1.807, 2.05) is 6.92 Å². The van der Waals surface area contributed by atoms with Crippen molar-refractivity contribution in [2.75, 3.05) is 26.4 Å². The van der Waals surface area contributed by atoms with Crippen LogP contribution in [0.15, 0.2) is 18.3 Å². The molecule has 0 aliphatic carbocycles. The highest BCUT2D eigenvalue weighted by molar-refractivity contribution is 5.32. The van der Waals surface area contributed by atoms with Crippen LogP contribution in [0.1, 0.15) is 32.6 Å². The molecule has 0 amide bonds. The molecule has 0 bridgehead atoms. The summed E-state index contributed by atoms with van der Waals surface area (Å²) in [5.41, 5.74) is 0.0550. The Balaban J connectivity index is 1.63. The molecule has 0 saturated carbocycles. The van der Waals surface area contributed by atoms with Gasteiger partial charge in [0, 0.05) is 24.4 Å². The molecule has 2 fully saturated rings. The molecule has 25 heavy (non-hydrogen) atoms. The van der Waals surface area contributed by atoms with E-state index in [4.69, 9.17) is 9.47 Å². The number of nitrogens with zero attached hydrogens (tertiary/aromatic N) is 2. The summed E-state index contributed by atoms with van der Waals surface area (Å²) in [6, 6.07) is 2.75. The van der Waals surface area contributed by atoms with Gasteiger partial charge in [-0.3, -0.25) is 4.90 Å². The normalized spacial score (nSPS) is 26.6. The van der Waals surface area contributed by atoms with Gasteiger partial charge >= 0.3 is 6.36 Å². The maximum Gasteiger partial charge on any atom is 0.573 e. The second-order valence-electron chi connectivity index (χ2n) is 6.52. The minimum Gasteiger partial charge on any atom is -0.473 e. The lowest BCUT2D eigenvalue weighted by molar-refractivity contribution is -0.275. The van der Waals surface area contributed by atoms with Crippen molar-refractivity contribution in [1.82, 2.24) is 9.88 Å². The van der Waals surface area contributed by atoms with Gasteiger partial charge in [0.15, 0.2) is 5.75 Å². The third-order valence-corrected chi connectivity index (χ3v) is 4.98. The van der Waals surface area contributed by atoms with E-state index in [2.05, 4.69) is 14.6 Å². The van der Waals surface area contributed by atoms with Crippen molar-refractivity contribution < 1.29 is 27.4 Å². The van der Waals surface area contributed by atoms with Gasteiger partial charge in [0.25, 0.3) is 5.88 Å². The Morgan fingerprint density at radius 2 is 2.20 bits per heavy atom. The molecule has 8 heteroatoms. The van der Waals surface area contributed by atoms with Crippen LogP contribution in [0, 0.1) is 0 Å². The first-order valence-corrected chi connectivity index (χ1v) is 8.61. The zero-order valence-electron chi connectivity index (χ0n) is 14.2. The molecule has 0 N–H and O–H groups in total. The Morgan fingerprint density at radius 3 is 2.96 bits per heavy atom. The van der Waals surface area contributed by atoms with Crippen LogP contribution in [0.2, 0.25) is 0 Å². The van der Waals surface area contributed by atoms with E-state index >= 15 is 0 Å². The highest BCUT2D eigenvalue weighted by Crippen LogP contribution is 2.43. The third kappa shape index (κ3) is 4.17. The topological polar surface area (TPSA) is 43.8 Å². The van der Waals surface area contributed by atoms with Crippen LogP contribution < -0.4 is 9.47 Å². The number of aromatic nitrogens is 1. The lowest BCUT2D eigenvalue weighted by Gasteiger charge is -2.34. The minimum atomic E-state index is -4.77. The van der Waals surface area contributed by atoms with Gasteiger partial charge in [-0.15, -0.1) is 13.2 Å². The van der Waals surface area contributed by atoms with Crippen molar-refractivity contribution in [3.63, 3.8) is 0 Å². The Labute approximate surface area is 145 Å². The third-order valence-electron chi connectivity index (χ3n) is 4.98. The van der Waals surface area contributed by atoms with Crippen LogP contribution in [0.25, 0.3) is 0 Å². The number of halogens is 3. The summed E-state index contributed by atoms with van der Waals surface area (Å²) >= 11 is 0. The Morgan fingerprint density at radius 1 is 1.36 bits per heavy atom. The summed E-state index contributed by atoms with van der Waals surface area (Å²) in [6.45, 7) is 4.62. The maximum absolute atomic E-state index is 12.5. The number of rotatable bonds is 7. The number of alkyl halides is 3. The molecule has 2 unspecified atom stereocenters. The average Bonchev–Trinajstić information content (AvgIpc) is 3.10. The van der Waals surface area contributed by atoms with Gasteiger partial charge in [0.1, 0.15) is 6.61 Å². The van der Waals surface area contributed by atoms with Gasteiger partial charge in [0.05, 0.1) is 6.61 Å². The van der Waals surface area contributed by atoms with Crippen molar-refractivity contribution >= 4 is 0 Å². The van der Waals surface area contributed by atoms with E-state index in [-0.39, 0.29) is 17.5 Å². The smallest absolute Gasteiger partial charge is 0.473 e. The average molecular weight is 360 g/mol. The first kappa shape index (κ1) is 18.3. The van der Waals surface area contributed by atoms with E-state index in [9.17, 15) is 13.2 Å². The predicted molar refractivity (Wildman–Crippen MR) is 84.6 cm³/mol. The SMILES string of the molecule is CCOCC12CCCN1C(COc1ncccc1OC(F)(F)F)CC2. The highest BCUT2D eigenvalue weighted by atomic mass is 19.4. The second kappa shape index (κ2) is 7.37. The largest absolute Gasteiger partial charge is 0.573 e. The standard InChI is InChI=1S/C17H23F3N2O3/c1-2-23-12-16-7-4-10-22(16)13(6-8-16)11-24-15-14(5-3-9-21-15)25-17(18,19)20/h3,5,9,13H,2,4,6-8,10-12H2,1H3. The van der Waals surface area contributed by atoms with Crippen LogP contribution in [0.5, 0.6) is 11.6 Å². The van der Waals surface area contributed by atoms with Crippen LogP contribution >= 0.6 is 0 Å². The molecule has 3 rings (SSSR count). The quantitative estimate of drug-likeness (QED) is 0.746. The summed E-state index contributed by atoms with van der Waals surface area (Å²) < 4.78 is 52.7. The Hall–Kier alpha value is -1.54. The summed E-state index contributed by atoms with van der Waals surface area (Å²) in [6.07, 6.45) is 0.786. The van der Waals surface area contributed by atoms with Gasteiger partial charge in [0.2, 0.25) is 0 Å². The maximum atomic E-state index is 12.5. The molecule has 0 spiro atoms. The number of pyridine rings is 1. The van der Waals surface area contributed by atoms with Crippen molar-refractivity contribution in [3.05, 3.63) is 18.3 Å². The molecule has 3 heterocycles. The zero-order chi connectivity index (χ0) is 17.9. The van der Waals surface area contributed by atoms with Crippen molar-refractivity contribution in [2.45, 2.75) is 50.6 Å². The number of ether oxygens (including phenoxy) is 3. The molecule has 2 aliphatic rings. The van der Waals surface area contributed by atoms with Crippen LogP contribution in [-0.2, 0) is 4.74 Å². The second-order valence-corrected chi connectivity index (χ2v) is 6.52. The fraction of sp³-hybridized carbons (Fsp3) is 0.706. The molecule has 2 aliphatic heterocycles. The molecule has 1 aromatic rings. The van der Waals surface area contributed by atoms with E-state index in [1.165, 1.54) is 18.3 Å². The van der Waals surface area contributed by atoms with Gasteiger partial charge in [-0.2, -0.15) is 0 Å². The van der Waals surface area contributed by atoms with Crippen LogP contribution in [0.4, 0.5) is 13.2 Å². The van der Waals surface area contributed by atoms with E-state index in [0.717, 1.165) is 32.2 Å². The van der Waals surface area contributed by atoms with Crippen LogP contribution in [-0.4, -0.2) is 54.2 Å². The molecule has 5 nitrogen and oxygen atoms in total. The zero-order valence-corrected chi connectivity index (χ0v) is 14.2. The molecule has 140 valence electrons. The molecule has 0 aromatic carbocycles. The first-order valence-electron chi connectivity index (χ1n) is 8.61. The van der Waals surface area contributed by atoms with E-state index in [1.54, 1.807) is 0 Å². The number of fused-ring (bicyclic) bond motifs is 1. The Bertz CT molecular complexity index is 585. The van der Waals surface area contributed by atoms with Crippen molar-refractivity contribution in [2.24, 2.45) is 0 Å². The lowest BCUT2D eigenvalue weighted by Crippen LogP contribution is -2.47. The van der Waals surface area contributed by atoms with Crippen molar-refractivity contribution in [1.29, 1.82) is 0 Å². The fourth-order valence-electron chi connectivity index (χ4n) is 3.94.